The summed E-state index contributed by atoms with van der Waals surface area (Å²) < 4.78 is 39.3. The average molecular weight is 442 g/mol. The molecule has 1 aliphatic rings. The van der Waals surface area contributed by atoms with Crippen molar-refractivity contribution in [1.82, 2.24) is 14.9 Å². The van der Waals surface area contributed by atoms with Gasteiger partial charge in [0.25, 0.3) is 5.91 Å². The lowest BCUT2D eigenvalue weighted by Gasteiger charge is -2.18. The highest BCUT2D eigenvalue weighted by Gasteiger charge is 2.34. The molecule has 0 spiro atoms. The van der Waals surface area contributed by atoms with E-state index in [0.29, 0.717) is 17.2 Å². The van der Waals surface area contributed by atoms with Gasteiger partial charge in [0.05, 0.1) is 45.7 Å². The van der Waals surface area contributed by atoms with Crippen LogP contribution < -0.4 is 15.0 Å². The van der Waals surface area contributed by atoms with Gasteiger partial charge in [0.2, 0.25) is 0 Å². The van der Waals surface area contributed by atoms with Crippen LogP contribution in [0.5, 0.6) is 11.5 Å². The number of hydrogen-bond donors (Lipinski definition) is 1. The molecule has 4 rings (SSSR count). The fraction of sp³-hybridized carbons (Fsp3) is 0.227. The van der Waals surface area contributed by atoms with E-state index in [1.54, 1.807) is 25.3 Å². The van der Waals surface area contributed by atoms with E-state index in [4.69, 9.17) is 14.3 Å². The second-order valence-corrected chi connectivity index (χ2v) is 6.96. The Morgan fingerprint density at radius 2 is 1.78 bits per heavy atom. The van der Waals surface area contributed by atoms with Gasteiger partial charge in [-0.1, -0.05) is 6.07 Å². The Kier molecular flexibility index (Phi) is 5.87. The number of halogens is 2. The van der Waals surface area contributed by atoms with Crippen molar-refractivity contribution in [3.63, 3.8) is 0 Å². The summed E-state index contributed by atoms with van der Waals surface area (Å²) in [6.07, 6.45) is 0. The quantitative estimate of drug-likeness (QED) is 0.560. The highest BCUT2D eigenvalue weighted by molar-refractivity contribution is 6.02. The number of aromatic nitrogens is 2. The van der Waals surface area contributed by atoms with Crippen molar-refractivity contribution < 1.29 is 27.9 Å². The lowest BCUT2D eigenvalue weighted by Crippen LogP contribution is -2.24. The lowest BCUT2D eigenvalue weighted by molar-refractivity contribution is 0.0765. The number of nitrogens with zero attached hydrogens (tertiary/aromatic N) is 3. The predicted molar refractivity (Wildman–Crippen MR) is 111 cm³/mol. The van der Waals surface area contributed by atoms with Crippen LogP contribution in [0, 0.1) is 11.6 Å². The zero-order chi connectivity index (χ0) is 22.8. The van der Waals surface area contributed by atoms with Crippen LogP contribution in [-0.4, -0.2) is 42.1 Å². The van der Waals surface area contributed by atoms with E-state index in [0.717, 1.165) is 17.7 Å². The molecule has 0 saturated carbocycles. The van der Waals surface area contributed by atoms with E-state index in [1.807, 2.05) is 0 Å². The van der Waals surface area contributed by atoms with Gasteiger partial charge >= 0.3 is 0 Å². The van der Waals surface area contributed by atoms with E-state index in [1.165, 1.54) is 25.2 Å². The zero-order valence-corrected chi connectivity index (χ0v) is 17.6. The predicted octanol–water partition coefficient (Wildman–Crippen LogP) is 3.57. The minimum absolute atomic E-state index is 0.0318. The normalized spacial score (nSPS) is 12.7. The molecule has 8 nitrogen and oxygen atoms in total. The monoisotopic (exact) mass is 442 g/mol. The smallest absolute Gasteiger partial charge is 0.260 e. The number of hydrogen-bond acceptors (Lipinski definition) is 7. The summed E-state index contributed by atoms with van der Waals surface area (Å²) in [6, 6.07) is 8.78. The van der Waals surface area contributed by atoms with Crippen molar-refractivity contribution in [2.45, 2.75) is 13.1 Å². The summed E-state index contributed by atoms with van der Waals surface area (Å²) in [6.45, 7) is 0.339. The lowest BCUT2D eigenvalue weighted by atomic mass is 10.1. The fourth-order valence-electron chi connectivity index (χ4n) is 3.57. The van der Waals surface area contributed by atoms with Crippen LogP contribution >= 0.6 is 0 Å². The molecule has 0 aliphatic carbocycles. The van der Waals surface area contributed by atoms with Crippen molar-refractivity contribution in [1.29, 1.82) is 0 Å². The van der Waals surface area contributed by atoms with Gasteiger partial charge in [-0.15, -0.1) is 0 Å². The van der Waals surface area contributed by atoms with Crippen LogP contribution in [0.1, 0.15) is 21.6 Å². The Bertz CT molecular complexity index is 1170. The number of nitrogens with one attached hydrogen (secondary N) is 1. The highest BCUT2D eigenvalue weighted by atomic mass is 19.1. The number of amides is 1. The van der Waals surface area contributed by atoms with Crippen LogP contribution in [-0.2, 0) is 17.9 Å². The molecule has 0 bridgehead atoms. The van der Waals surface area contributed by atoms with Crippen LogP contribution in [0.4, 0.5) is 14.6 Å². The van der Waals surface area contributed by atoms with Gasteiger partial charge in [0, 0.05) is 11.6 Å². The molecule has 1 aliphatic heterocycles. The van der Waals surface area contributed by atoms with Crippen molar-refractivity contribution >= 4 is 11.7 Å². The molecule has 1 aromatic heterocycles. The number of carbonyl (C=O) groups is 1. The van der Waals surface area contributed by atoms with Gasteiger partial charge < -0.3 is 14.4 Å². The third-order valence-electron chi connectivity index (χ3n) is 5.07. The molecule has 10 heteroatoms. The largest absolute Gasteiger partial charge is 0.497 e. The zero-order valence-electron chi connectivity index (χ0n) is 17.6. The first kappa shape index (κ1) is 21.4. The standard InChI is InChI=1S/C22H20F2N4O4/c1-30-13-8-7-12(17(9-13)31-2)10-28-11-16-19(22(28)29)21(27-32-3)26-20(25-16)18-14(23)5-4-6-15(18)24/h4-9H,10-11H2,1-3H3,(H,25,26,27). The first-order chi connectivity index (χ1) is 15.5. The molecule has 0 saturated heterocycles. The number of methoxy groups -OCH3 is 2. The summed E-state index contributed by atoms with van der Waals surface area (Å²) in [4.78, 5) is 28.1. The highest BCUT2D eigenvalue weighted by Crippen LogP contribution is 2.34. The molecular formula is C22H20F2N4O4. The minimum Gasteiger partial charge on any atom is -0.497 e. The maximum absolute atomic E-state index is 14.3. The molecule has 2 heterocycles. The van der Waals surface area contributed by atoms with Crippen molar-refractivity contribution in [2.75, 3.05) is 26.8 Å². The second kappa shape index (κ2) is 8.75. The van der Waals surface area contributed by atoms with Crippen molar-refractivity contribution in [2.24, 2.45) is 0 Å². The van der Waals surface area contributed by atoms with E-state index >= 15 is 0 Å². The Labute approximate surface area is 182 Å². The second-order valence-electron chi connectivity index (χ2n) is 6.96. The Morgan fingerprint density at radius 3 is 2.44 bits per heavy atom. The van der Waals surface area contributed by atoms with Crippen LogP contribution in [0.25, 0.3) is 11.4 Å². The number of benzene rings is 2. The molecule has 166 valence electrons. The molecule has 2 aromatic carbocycles. The molecule has 1 N–H and O–H groups in total. The molecule has 3 aromatic rings. The third kappa shape index (κ3) is 3.80. The van der Waals surface area contributed by atoms with Crippen molar-refractivity contribution in [3.05, 3.63) is 64.9 Å². The Hall–Kier alpha value is -3.79. The summed E-state index contributed by atoms with van der Waals surface area (Å²) in [7, 11) is 4.42. The summed E-state index contributed by atoms with van der Waals surface area (Å²) >= 11 is 0. The number of ether oxygens (including phenoxy) is 2. The number of carbonyl (C=O) groups excluding carboxylic acids is 1. The van der Waals surface area contributed by atoms with Gasteiger partial charge in [0.15, 0.2) is 11.6 Å². The van der Waals surface area contributed by atoms with Crippen LogP contribution in [0.3, 0.4) is 0 Å². The van der Waals surface area contributed by atoms with Crippen LogP contribution in [0.15, 0.2) is 36.4 Å². The molecular weight excluding hydrogens is 422 g/mol. The molecule has 0 fully saturated rings. The van der Waals surface area contributed by atoms with Gasteiger partial charge in [-0.2, -0.15) is 0 Å². The fourth-order valence-corrected chi connectivity index (χ4v) is 3.57. The maximum Gasteiger partial charge on any atom is 0.260 e. The average Bonchev–Trinajstić information content (AvgIpc) is 3.09. The van der Waals surface area contributed by atoms with E-state index in [2.05, 4.69) is 15.4 Å². The number of rotatable bonds is 7. The first-order valence-electron chi connectivity index (χ1n) is 9.61. The summed E-state index contributed by atoms with van der Waals surface area (Å²) in [5, 5.41) is 0. The van der Waals surface area contributed by atoms with E-state index < -0.39 is 11.6 Å². The number of fused-ring (bicyclic) bond motifs is 1. The first-order valence-corrected chi connectivity index (χ1v) is 9.61. The summed E-state index contributed by atoms with van der Waals surface area (Å²) in [5.74, 6) is -0.938. The SMILES string of the molecule is CONc1nc(-c2c(F)cccc2F)nc2c1C(=O)N(Cc1ccc(OC)cc1OC)C2. The summed E-state index contributed by atoms with van der Waals surface area (Å²) in [5.41, 5.74) is 3.41. The van der Waals surface area contributed by atoms with Gasteiger partial charge in [-0.25, -0.2) is 24.2 Å². The third-order valence-corrected chi connectivity index (χ3v) is 5.07. The number of anilines is 1. The molecule has 1 amide bonds. The van der Waals surface area contributed by atoms with E-state index in [9.17, 15) is 13.6 Å². The molecule has 32 heavy (non-hydrogen) atoms. The van der Waals surface area contributed by atoms with E-state index in [-0.39, 0.29) is 41.8 Å². The van der Waals surface area contributed by atoms with Gasteiger partial charge in [-0.3, -0.25) is 9.63 Å². The molecule has 0 atom stereocenters. The van der Waals surface area contributed by atoms with Gasteiger partial charge in [-0.05, 0) is 24.3 Å². The van der Waals surface area contributed by atoms with Gasteiger partial charge in [0.1, 0.15) is 28.7 Å². The Balaban J connectivity index is 1.72. The Morgan fingerprint density at radius 1 is 1.03 bits per heavy atom. The molecule has 0 unspecified atom stereocenters. The molecule has 0 radical (unpaired) electrons. The minimum atomic E-state index is -0.808. The topological polar surface area (TPSA) is 85.8 Å². The van der Waals surface area contributed by atoms with Crippen LogP contribution in [0.2, 0.25) is 0 Å². The maximum atomic E-state index is 14.3. The van der Waals surface area contributed by atoms with Crippen molar-refractivity contribution in [3.8, 4) is 22.9 Å².